The lowest BCUT2D eigenvalue weighted by Crippen LogP contribution is -1.88. The van der Waals surface area contributed by atoms with Crippen molar-refractivity contribution in [2.75, 3.05) is 0 Å². The SMILES string of the molecule is Oc1ccc2cc(Br)ccc2c1-c1cccc2ccc3cccnc3c12. The van der Waals surface area contributed by atoms with E-state index in [1.165, 1.54) is 0 Å². The van der Waals surface area contributed by atoms with Gasteiger partial charge in [-0.3, -0.25) is 4.98 Å². The van der Waals surface area contributed by atoms with E-state index in [9.17, 15) is 5.11 Å². The average molecular weight is 400 g/mol. The van der Waals surface area contributed by atoms with Crippen LogP contribution in [0.25, 0.3) is 43.6 Å². The fourth-order valence-corrected chi connectivity index (χ4v) is 4.07. The summed E-state index contributed by atoms with van der Waals surface area (Å²) in [6, 6.07) is 24.2. The van der Waals surface area contributed by atoms with Crippen LogP contribution >= 0.6 is 15.9 Å². The van der Waals surface area contributed by atoms with Crippen LogP contribution in [0.2, 0.25) is 0 Å². The van der Waals surface area contributed by atoms with Crippen molar-refractivity contribution in [1.82, 2.24) is 4.98 Å². The van der Waals surface area contributed by atoms with E-state index in [4.69, 9.17) is 0 Å². The number of aromatic nitrogens is 1. The molecule has 0 bridgehead atoms. The summed E-state index contributed by atoms with van der Waals surface area (Å²) in [5.41, 5.74) is 2.80. The highest BCUT2D eigenvalue weighted by Gasteiger charge is 2.15. The van der Waals surface area contributed by atoms with E-state index >= 15 is 0 Å². The number of aromatic hydroxyl groups is 1. The van der Waals surface area contributed by atoms with Crippen LogP contribution in [0.1, 0.15) is 0 Å². The zero-order valence-corrected chi connectivity index (χ0v) is 15.4. The Morgan fingerprint density at radius 1 is 0.769 bits per heavy atom. The molecule has 0 saturated carbocycles. The maximum atomic E-state index is 10.7. The molecule has 0 atom stereocenters. The average Bonchev–Trinajstić information content (AvgIpc) is 2.67. The van der Waals surface area contributed by atoms with Gasteiger partial charge in [-0.25, -0.2) is 0 Å². The van der Waals surface area contributed by atoms with Crippen molar-refractivity contribution >= 4 is 48.4 Å². The van der Waals surface area contributed by atoms with Gasteiger partial charge in [-0.05, 0) is 46.0 Å². The van der Waals surface area contributed by atoms with Crippen molar-refractivity contribution < 1.29 is 5.11 Å². The molecule has 0 unspecified atom stereocenters. The third-order valence-corrected chi connectivity index (χ3v) is 5.34. The summed E-state index contributed by atoms with van der Waals surface area (Å²) >= 11 is 3.53. The van der Waals surface area contributed by atoms with Crippen LogP contribution in [0.5, 0.6) is 5.75 Å². The third kappa shape index (κ3) is 2.28. The number of nitrogens with zero attached hydrogens (tertiary/aromatic N) is 1. The second-order valence-corrected chi connectivity index (χ2v) is 7.29. The Bertz CT molecular complexity index is 1310. The molecular formula is C23H14BrNO. The minimum Gasteiger partial charge on any atom is -0.507 e. The first-order valence-corrected chi connectivity index (χ1v) is 9.20. The van der Waals surface area contributed by atoms with Crippen LogP contribution in [-0.4, -0.2) is 10.1 Å². The monoisotopic (exact) mass is 399 g/mol. The number of hydrogen-bond donors (Lipinski definition) is 1. The maximum Gasteiger partial charge on any atom is 0.124 e. The second kappa shape index (κ2) is 5.82. The number of phenolic OH excluding ortho intramolecular Hbond substituents is 1. The van der Waals surface area contributed by atoms with Crippen molar-refractivity contribution in [2.24, 2.45) is 0 Å². The summed E-state index contributed by atoms with van der Waals surface area (Å²) in [6.45, 7) is 0. The fourth-order valence-electron chi connectivity index (χ4n) is 3.69. The van der Waals surface area contributed by atoms with Gasteiger partial charge in [0.2, 0.25) is 0 Å². The quantitative estimate of drug-likeness (QED) is 0.319. The van der Waals surface area contributed by atoms with Crippen LogP contribution in [0.3, 0.4) is 0 Å². The Morgan fingerprint density at radius 3 is 2.50 bits per heavy atom. The zero-order valence-electron chi connectivity index (χ0n) is 13.8. The Kier molecular flexibility index (Phi) is 3.44. The van der Waals surface area contributed by atoms with Gasteiger partial charge in [-0.15, -0.1) is 0 Å². The third-order valence-electron chi connectivity index (χ3n) is 4.84. The van der Waals surface area contributed by atoms with Crippen LogP contribution < -0.4 is 0 Å². The lowest BCUT2D eigenvalue weighted by molar-refractivity contribution is 0.478. The van der Waals surface area contributed by atoms with Crippen LogP contribution in [0.4, 0.5) is 0 Å². The van der Waals surface area contributed by atoms with Gasteiger partial charge in [0.15, 0.2) is 0 Å². The Hall–Kier alpha value is -2.91. The molecule has 0 radical (unpaired) electrons. The van der Waals surface area contributed by atoms with E-state index < -0.39 is 0 Å². The normalized spacial score (nSPS) is 11.4. The summed E-state index contributed by atoms with van der Waals surface area (Å²) in [5.74, 6) is 0.278. The number of benzene rings is 4. The van der Waals surface area contributed by atoms with Gasteiger partial charge >= 0.3 is 0 Å². The molecule has 0 aliphatic heterocycles. The van der Waals surface area contributed by atoms with Crippen molar-refractivity contribution in [3.05, 3.63) is 83.5 Å². The van der Waals surface area contributed by atoms with Crippen molar-refractivity contribution in [3.8, 4) is 16.9 Å². The molecule has 0 saturated heterocycles. The predicted molar refractivity (Wildman–Crippen MR) is 112 cm³/mol. The van der Waals surface area contributed by atoms with Crippen LogP contribution in [0.15, 0.2) is 83.5 Å². The molecule has 5 rings (SSSR count). The van der Waals surface area contributed by atoms with E-state index in [1.807, 2.05) is 36.5 Å². The first-order valence-electron chi connectivity index (χ1n) is 8.40. The number of halogens is 1. The lowest BCUT2D eigenvalue weighted by Gasteiger charge is -2.14. The molecule has 4 aromatic carbocycles. The Balaban J connectivity index is 1.99. The molecule has 1 heterocycles. The minimum absolute atomic E-state index is 0.278. The first kappa shape index (κ1) is 15.4. The van der Waals surface area contributed by atoms with Gasteiger partial charge in [0.05, 0.1) is 5.52 Å². The summed E-state index contributed by atoms with van der Waals surface area (Å²) in [6.07, 6.45) is 1.82. The molecule has 2 nitrogen and oxygen atoms in total. The first-order chi connectivity index (χ1) is 12.7. The molecule has 26 heavy (non-hydrogen) atoms. The molecule has 0 spiro atoms. The number of hydrogen-bond acceptors (Lipinski definition) is 2. The van der Waals surface area contributed by atoms with E-state index in [0.717, 1.165) is 48.0 Å². The number of phenols is 1. The lowest BCUT2D eigenvalue weighted by atomic mass is 9.92. The largest absolute Gasteiger partial charge is 0.507 e. The predicted octanol–water partition coefficient (Wildman–Crippen LogP) is 6.68. The summed E-state index contributed by atoms with van der Waals surface area (Å²) in [4.78, 5) is 4.63. The summed E-state index contributed by atoms with van der Waals surface area (Å²) in [5, 5.41) is 16.1. The summed E-state index contributed by atoms with van der Waals surface area (Å²) < 4.78 is 1.02. The van der Waals surface area contributed by atoms with Gasteiger partial charge in [0.1, 0.15) is 5.75 Å². The minimum atomic E-state index is 0.278. The zero-order chi connectivity index (χ0) is 17.7. The highest BCUT2D eigenvalue weighted by atomic mass is 79.9. The Morgan fingerprint density at radius 2 is 1.58 bits per heavy atom. The molecule has 3 heteroatoms. The number of fused-ring (bicyclic) bond motifs is 4. The maximum absolute atomic E-state index is 10.7. The molecule has 0 fully saturated rings. The molecule has 1 N–H and O–H groups in total. The molecule has 1 aromatic heterocycles. The van der Waals surface area contributed by atoms with E-state index in [1.54, 1.807) is 6.07 Å². The summed E-state index contributed by atoms with van der Waals surface area (Å²) in [7, 11) is 0. The van der Waals surface area contributed by atoms with E-state index in [2.05, 4.69) is 57.3 Å². The van der Waals surface area contributed by atoms with Crippen molar-refractivity contribution in [3.63, 3.8) is 0 Å². The number of pyridine rings is 1. The Labute approximate surface area is 158 Å². The standard InChI is InChI=1S/C23H14BrNO/c24-17-9-10-18-16(13-17)8-11-20(26)22(18)19-5-1-3-14-6-7-15-4-2-12-25-23(15)21(14)19/h1-13,26H. The topological polar surface area (TPSA) is 33.1 Å². The smallest absolute Gasteiger partial charge is 0.124 e. The highest BCUT2D eigenvalue weighted by molar-refractivity contribution is 9.10. The highest BCUT2D eigenvalue weighted by Crippen LogP contribution is 2.42. The van der Waals surface area contributed by atoms with Gasteiger partial charge in [0.25, 0.3) is 0 Å². The fraction of sp³-hybridized carbons (Fsp3) is 0. The van der Waals surface area contributed by atoms with Crippen LogP contribution in [0, 0.1) is 0 Å². The van der Waals surface area contributed by atoms with Crippen molar-refractivity contribution in [1.29, 1.82) is 0 Å². The van der Waals surface area contributed by atoms with Crippen molar-refractivity contribution in [2.45, 2.75) is 0 Å². The van der Waals surface area contributed by atoms with E-state index in [-0.39, 0.29) is 5.75 Å². The molecule has 0 aliphatic rings. The molecule has 0 aliphatic carbocycles. The van der Waals surface area contributed by atoms with Gasteiger partial charge in [-0.1, -0.05) is 64.5 Å². The molecule has 0 amide bonds. The van der Waals surface area contributed by atoms with Crippen LogP contribution in [-0.2, 0) is 0 Å². The molecule has 5 aromatic rings. The van der Waals surface area contributed by atoms with Gasteiger partial charge in [0, 0.05) is 27.0 Å². The van der Waals surface area contributed by atoms with Gasteiger partial charge in [-0.2, -0.15) is 0 Å². The van der Waals surface area contributed by atoms with E-state index in [0.29, 0.717) is 0 Å². The second-order valence-electron chi connectivity index (χ2n) is 6.37. The van der Waals surface area contributed by atoms with Gasteiger partial charge < -0.3 is 5.11 Å². The molecule has 124 valence electrons. The molecular weight excluding hydrogens is 386 g/mol. The number of rotatable bonds is 1.